The molecule has 2 N–H and O–H groups in total. The average molecular weight is 432 g/mol. The molecule has 26 heavy (non-hydrogen) atoms. The van der Waals surface area contributed by atoms with E-state index in [1.165, 1.54) is 0 Å². The van der Waals surface area contributed by atoms with E-state index >= 15 is 0 Å². The first-order chi connectivity index (χ1) is 12.3. The third-order valence-electron chi connectivity index (χ3n) is 4.98. The van der Waals surface area contributed by atoms with E-state index in [4.69, 9.17) is 11.6 Å². The fourth-order valence-corrected chi connectivity index (χ4v) is 4.26. The molecule has 1 aliphatic heterocycles. The lowest BCUT2D eigenvalue weighted by molar-refractivity contribution is -0.118. The average Bonchev–Trinajstić information content (AvgIpc) is 2.70. The highest BCUT2D eigenvalue weighted by atomic mass is 79.9. The third-order valence-corrected chi connectivity index (χ3v) is 5.74. The number of rotatable bonds is 1. The summed E-state index contributed by atoms with van der Waals surface area (Å²) in [6, 6.07) is 13.6. The third kappa shape index (κ3) is 3.28. The maximum atomic E-state index is 13.1. The van der Waals surface area contributed by atoms with Crippen molar-refractivity contribution in [2.24, 2.45) is 5.41 Å². The molecule has 2 aromatic rings. The van der Waals surface area contributed by atoms with E-state index in [-0.39, 0.29) is 17.2 Å². The second-order valence-corrected chi connectivity index (χ2v) is 9.13. The number of fused-ring (bicyclic) bond motifs is 1. The molecule has 0 saturated carbocycles. The molecule has 134 valence electrons. The smallest absolute Gasteiger partial charge is 0.163 e. The van der Waals surface area contributed by atoms with E-state index in [0.29, 0.717) is 11.4 Å². The number of ketones is 1. The minimum atomic E-state index is -0.200. The molecule has 1 atom stereocenters. The van der Waals surface area contributed by atoms with E-state index in [1.54, 1.807) is 0 Å². The molecule has 2 aliphatic rings. The number of carbonyl (C=O) groups excluding carboxylic acids is 1. The zero-order valence-electron chi connectivity index (χ0n) is 14.7. The molecule has 0 bridgehead atoms. The highest BCUT2D eigenvalue weighted by molar-refractivity contribution is 9.10. The molecule has 1 unspecified atom stereocenters. The number of carbonyl (C=O) groups is 1. The zero-order chi connectivity index (χ0) is 18.5. The predicted molar refractivity (Wildman–Crippen MR) is 111 cm³/mol. The van der Waals surface area contributed by atoms with E-state index < -0.39 is 0 Å². The Hall–Kier alpha value is -1.78. The summed E-state index contributed by atoms with van der Waals surface area (Å²) in [5.74, 6) is 0.197. The lowest BCUT2D eigenvalue weighted by Crippen LogP contribution is -2.31. The Kier molecular flexibility index (Phi) is 4.36. The quantitative estimate of drug-likeness (QED) is 0.555. The van der Waals surface area contributed by atoms with Crippen LogP contribution in [0.1, 0.15) is 38.3 Å². The van der Waals surface area contributed by atoms with Crippen molar-refractivity contribution < 1.29 is 4.79 Å². The molecule has 5 heteroatoms. The van der Waals surface area contributed by atoms with Crippen molar-refractivity contribution in [3.8, 4) is 0 Å². The van der Waals surface area contributed by atoms with Crippen LogP contribution in [0.2, 0.25) is 5.02 Å². The first-order valence-electron chi connectivity index (χ1n) is 8.67. The Balaban J connectivity index is 1.88. The number of anilines is 2. The van der Waals surface area contributed by atoms with Crippen LogP contribution in [-0.4, -0.2) is 5.78 Å². The van der Waals surface area contributed by atoms with Crippen molar-refractivity contribution in [2.75, 3.05) is 10.6 Å². The summed E-state index contributed by atoms with van der Waals surface area (Å²) in [4.78, 5) is 13.1. The molecule has 1 aliphatic carbocycles. The van der Waals surface area contributed by atoms with Crippen LogP contribution in [0.5, 0.6) is 0 Å². The van der Waals surface area contributed by atoms with Gasteiger partial charge in [0.05, 0.1) is 17.4 Å². The summed E-state index contributed by atoms with van der Waals surface area (Å²) in [6.45, 7) is 4.29. The molecular weight excluding hydrogens is 412 g/mol. The fourth-order valence-electron chi connectivity index (χ4n) is 3.82. The SMILES string of the molecule is CC1(C)CC(=O)C2=C(C1)Nc1ccc(Cl)cc1NC2c1ccc(Br)cc1. The van der Waals surface area contributed by atoms with Gasteiger partial charge in [0.1, 0.15) is 0 Å². The van der Waals surface area contributed by atoms with Gasteiger partial charge in [0.25, 0.3) is 0 Å². The summed E-state index contributed by atoms with van der Waals surface area (Å²) in [5, 5.41) is 7.73. The Morgan fingerprint density at radius 1 is 1.08 bits per heavy atom. The minimum Gasteiger partial charge on any atom is -0.372 e. The highest BCUT2D eigenvalue weighted by Gasteiger charge is 2.38. The van der Waals surface area contributed by atoms with Gasteiger partial charge in [0.15, 0.2) is 5.78 Å². The van der Waals surface area contributed by atoms with Crippen molar-refractivity contribution in [1.29, 1.82) is 0 Å². The van der Waals surface area contributed by atoms with Crippen LogP contribution in [0.3, 0.4) is 0 Å². The maximum absolute atomic E-state index is 13.1. The first kappa shape index (κ1) is 17.6. The first-order valence-corrected chi connectivity index (χ1v) is 9.84. The van der Waals surface area contributed by atoms with Crippen LogP contribution in [0.25, 0.3) is 0 Å². The van der Waals surface area contributed by atoms with Crippen LogP contribution >= 0.6 is 27.5 Å². The Morgan fingerprint density at radius 2 is 1.81 bits per heavy atom. The van der Waals surface area contributed by atoms with Crippen molar-refractivity contribution >= 4 is 44.7 Å². The molecule has 4 rings (SSSR count). The largest absolute Gasteiger partial charge is 0.372 e. The summed E-state index contributed by atoms with van der Waals surface area (Å²) in [7, 11) is 0. The molecule has 0 spiro atoms. The van der Waals surface area contributed by atoms with Gasteiger partial charge < -0.3 is 10.6 Å². The molecule has 0 saturated heterocycles. The minimum absolute atomic E-state index is 0.0515. The van der Waals surface area contributed by atoms with Gasteiger partial charge in [-0.1, -0.05) is 53.5 Å². The van der Waals surface area contributed by atoms with E-state index in [0.717, 1.165) is 39.1 Å². The monoisotopic (exact) mass is 430 g/mol. The van der Waals surface area contributed by atoms with E-state index in [2.05, 4.69) is 52.5 Å². The number of benzene rings is 2. The van der Waals surface area contributed by atoms with Crippen LogP contribution in [0, 0.1) is 5.41 Å². The van der Waals surface area contributed by atoms with Gasteiger partial charge in [-0.3, -0.25) is 4.79 Å². The van der Waals surface area contributed by atoms with Gasteiger partial charge in [-0.05, 0) is 47.7 Å². The van der Waals surface area contributed by atoms with Crippen molar-refractivity contribution in [3.05, 3.63) is 68.8 Å². The predicted octanol–water partition coefficient (Wildman–Crippen LogP) is 6.32. The number of hydrogen-bond acceptors (Lipinski definition) is 3. The Morgan fingerprint density at radius 3 is 2.54 bits per heavy atom. The molecule has 0 aromatic heterocycles. The fraction of sp³-hybridized carbons (Fsp3) is 0.286. The lowest BCUT2D eigenvalue weighted by Gasteiger charge is -2.34. The van der Waals surface area contributed by atoms with E-state index in [1.807, 2.05) is 30.3 Å². The Bertz CT molecular complexity index is 918. The summed E-state index contributed by atoms with van der Waals surface area (Å²) in [6.07, 6.45) is 1.39. The van der Waals surface area contributed by atoms with Crippen LogP contribution in [0.4, 0.5) is 11.4 Å². The summed E-state index contributed by atoms with van der Waals surface area (Å²) >= 11 is 9.70. The number of nitrogens with one attached hydrogen (secondary N) is 2. The second kappa shape index (κ2) is 6.43. The number of halogens is 2. The van der Waals surface area contributed by atoms with Crippen LogP contribution in [-0.2, 0) is 4.79 Å². The molecule has 3 nitrogen and oxygen atoms in total. The van der Waals surface area contributed by atoms with Gasteiger partial charge in [-0.25, -0.2) is 0 Å². The standard InChI is InChI=1S/C21H20BrClN2O/c1-21(2)10-17-19(18(26)11-21)20(12-3-5-13(22)6-4-12)25-16-9-14(23)7-8-15(16)24-17/h3-9,20,24-25H,10-11H2,1-2H3. The lowest BCUT2D eigenvalue weighted by atomic mass is 9.73. The van der Waals surface area contributed by atoms with Crippen molar-refractivity contribution in [3.63, 3.8) is 0 Å². The molecule has 0 amide bonds. The van der Waals surface area contributed by atoms with Crippen molar-refractivity contribution in [2.45, 2.75) is 32.7 Å². The van der Waals surface area contributed by atoms with Crippen LogP contribution < -0.4 is 10.6 Å². The molecule has 2 aromatic carbocycles. The van der Waals surface area contributed by atoms with Gasteiger partial charge in [-0.2, -0.15) is 0 Å². The van der Waals surface area contributed by atoms with Gasteiger partial charge in [-0.15, -0.1) is 0 Å². The van der Waals surface area contributed by atoms with E-state index in [9.17, 15) is 4.79 Å². The van der Waals surface area contributed by atoms with Crippen molar-refractivity contribution in [1.82, 2.24) is 0 Å². The van der Waals surface area contributed by atoms with Gasteiger partial charge in [0.2, 0.25) is 0 Å². The summed E-state index contributed by atoms with van der Waals surface area (Å²) < 4.78 is 1.02. The topological polar surface area (TPSA) is 41.1 Å². The maximum Gasteiger partial charge on any atom is 0.163 e. The summed E-state index contributed by atoms with van der Waals surface area (Å²) in [5.41, 5.74) is 4.71. The zero-order valence-corrected chi connectivity index (χ0v) is 17.0. The molecule has 1 heterocycles. The van der Waals surface area contributed by atoms with Gasteiger partial charge >= 0.3 is 0 Å². The number of allylic oxidation sites excluding steroid dienone is 1. The van der Waals surface area contributed by atoms with Gasteiger partial charge in [0, 0.05) is 27.2 Å². The normalized spacial score (nSPS) is 21.2. The second-order valence-electron chi connectivity index (χ2n) is 7.78. The number of hydrogen-bond donors (Lipinski definition) is 2. The molecular formula is C21H20BrClN2O. The highest BCUT2D eigenvalue weighted by Crippen LogP contribution is 2.45. The Labute approximate surface area is 167 Å². The van der Waals surface area contributed by atoms with Crippen LogP contribution in [0.15, 0.2) is 58.2 Å². The number of Topliss-reactive ketones (excluding diaryl/α,β-unsaturated/α-hetero) is 1. The molecule has 0 radical (unpaired) electrons. The molecule has 0 fully saturated rings.